The Morgan fingerprint density at radius 3 is 3.07 bits per heavy atom. The molecule has 0 N–H and O–H groups in total. The molecule has 0 atom stereocenters. The summed E-state index contributed by atoms with van der Waals surface area (Å²) in [6.07, 6.45) is 7.09. The molecule has 0 fully saturated rings. The highest BCUT2D eigenvalue weighted by atomic mass is 15.1. The van der Waals surface area contributed by atoms with Gasteiger partial charge < -0.3 is 4.90 Å². The minimum Gasteiger partial charge on any atom is -0.367 e. The topological polar surface area (TPSA) is 39.9 Å². The molecule has 0 unspecified atom stereocenters. The first-order valence-corrected chi connectivity index (χ1v) is 4.66. The Morgan fingerprint density at radius 2 is 2.36 bits per heavy atom. The molecule has 0 bridgehead atoms. The molecule has 3 heteroatoms. The fourth-order valence-electron chi connectivity index (χ4n) is 1.55. The van der Waals surface area contributed by atoms with Crippen LogP contribution in [-0.4, -0.2) is 18.1 Å². The molecule has 1 aromatic rings. The molecule has 0 amide bonds. The molecule has 0 spiro atoms. The van der Waals surface area contributed by atoms with Crippen molar-refractivity contribution in [1.82, 2.24) is 4.98 Å². The van der Waals surface area contributed by atoms with Crippen molar-refractivity contribution < 1.29 is 0 Å². The Hall–Kier alpha value is -1.82. The quantitative estimate of drug-likeness (QED) is 0.625. The summed E-state index contributed by atoms with van der Waals surface area (Å²) in [5, 5.41) is 8.72. The third-order valence-corrected chi connectivity index (χ3v) is 2.28. The van der Waals surface area contributed by atoms with E-state index in [0.717, 1.165) is 25.2 Å². The Kier molecular flexibility index (Phi) is 2.46. The van der Waals surface area contributed by atoms with Gasteiger partial charge in [-0.2, -0.15) is 5.26 Å². The van der Waals surface area contributed by atoms with Gasteiger partial charge in [-0.05, 0) is 18.6 Å². The van der Waals surface area contributed by atoms with Crippen LogP contribution in [0.15, 0.2) is 30.5 Å². The lowest BCUT2D eigenvalue weighted by Crippen LogP contribution is -2.26. The fraction of sp³-hybridized carbons (Fsp3) is 0.273. The maximum Gasteiger partial charge on any atom is 0.142 e. The molecule has 1 aliphatic heterocycles. The van der Waals surface area contributed by atoms with Crippen LogP contribution < -0.4 is 4.90 Å². The Morgan fingerprint density at radius 1 is 1.43 bits per heavy atom. The molecule has 1 aromatic heterocycles. The van der Waals surface area contributed by atoms with E-state index in [0.29, 0.717) is 5.69 Å². The van der Waals surface area contributed by atoms with Crippen LogP contribution in [0.3, 0.4) is 0 Å². The van der Waals surface area contributed by atoms with Crippen molar-refractivity contribution in [3.8, 4) is 6.07 Å². The van der Waals surface area contributed by atoms with Crippen molar-refractivity contribution in [3.63, 3.8) is 0 Å². The van der Waals surface area contributed by atoms with Crippen LogP contribution in [-0.2, 0) is 0 Å². The lowest BCUT2D eigenvalue weighted by molar-refractivity contribution is 0.819. The number of rotatable bonds is 1. The van der Waals surface area contributed by atoms with Crippen LogP contribution in [0.25, 0.3) is 0 Å². The van der Waals surface area contributed by atoms with E-state index >= 15 is 0 Å². The number of hydrogen-bond acceptors (Lipinski definition) is 3. The number of pyridine rings is 1. The highest BCUT2D eigenvalue weighted by molar-refractivity contribution is 5.49. The third kappa shape index (κ3) is 1.74. The fourth-order valence-corrected chi connectivity index (χ4v) is 1.55. The molecule has 70 valence electrons. The number of anilines is 1. The first-order valence-electron chi connectivity index (χ1n) is 4.66. The molecule has 14 heavy (non-hydrogen) atoms. The molecule has 0 aliphatic carbocycles. The van der Waals surface area contributed by atoms with Gasteiger partial charge >= 0.3 is 0 Å². The maximum atomic E-state index is 8.72. The SMILES string of the molecule is N#Cc1cc(N2CC=CCC2)ccn1. The number of hydrogen-bond donors (Lipinski definition) is 0. The van der Waals surface area contributed by atoms with Crippen molar-refractivity contribution in [2.75, 3.05) is 18.0 Å². The smallest absolute Gasteiger partial charge is 0.142 e. The molecule has 0 saturated carbocycles. The van der Waals surface area contributed by atoms with Crippen LogP contribution in [0.1, 0.15) is 12.1 Å². The Balaban J connectivity index is 2.23. The lowest BCUT2D eigenvalue weighted by atomic mass is 10.2. The van der Waals surface area contributed by atoms with E-state index in [1.807, 2.05) is 12.1 Å². The molecule has 3 nitrogen and oxygen atoms in total. The maximum absolute atomic E-state index is 8.72. The summed E-state index contributed by atoms with van der Waals surface area (Å²) >= 11 is 0. The Labute approximate surface area is 83.3 Å². The molecule has 2 heterocycles. The zero-order chi connectivity index (χ0) is 9.80. The van der Waals surface area contributed by atoms with Crippen LogP contribution in [0, 0.1) is 11.3 Å². The van der Waals surface area contributed by atoms with Gasteiger partial charge in [0.2, 0.25) is 0 Å². The summed E-state index contributed by atoms with van der Waals surface area (Å²) < 4.78 is 0. The summed E-state index contributed by atoms with van der Waals surface area (Å²) in [4.78, 5) is 6.19. The van der Waals surface area contributed by atoms with Crippen molar-refractivity contribution in [3.05, 3.63) is 36.2 Å². The second-order valence-corrected chi connectivity index (χ2v) is 3.22. The van der Waals surface area contributed by atoms with E-state index in [4.69, 9.17) is 5.26 Å². The minimum atomic E-state index is 0.483. The minimum absolute atomic E-state index is 0.483. The highest BCUT2D eigenvalue weighted by Crippen LogP contribution is 2.16. The standard InChI is InChI=1S/C11H11N3/c12-9-10-8-11(4-5-13-10)14-6-2-1-3-7-14/h1-2,4-5,8H,3,6-7H2. The van der Waals surface area contributed by atoms with Gasteiger partial charge in [-0.25, -0.2) is 4.98 Å². The second kappa shape index (κ2) is 3.93. The van der Waals surface area contributed by atoms with E-state index in [1.54, 1.807) is 6.20 Å². The third-order valence-electron chi connectivity index (χ3n) is 2.28. The normalized spacial score (nSPS) is 15.2. The molecular weight excluding hydrogens is 174 g/mol. The summed E-state index contributed by atoms with van der Waals surface area (Å²) in [6, 6.07) is 5.83. The average molecular weight is 185 g/mol. The molecular formula is C11H11N3. The monoisotopic (exact) mass is 185 g/mol. The summed E-state index contributed by atoms with van der Waals surface area (Å²) in [6.45, 7) is 1.94. The summed E-state index contributed by atoms with van der Waals surface area (Å²) in [5.41, 5.74) is 1.57. The highest BCUT2D eigenvalue weighted by Gasteiger charge is 2.07. The first kappa shape index (κ1) is 8.76. The van der Waals surface area contributed by atoms with E-state index in [-0.39, 0.29) is 0 Å². The molecule has 0 saturated heterocycles. The summed E-state index contributed by atoms with van der Waals surface area (Å²) in [7, 11) is 0. The lowest BCUT2D eigenvalue weighted by Gasteiger charge is -2.25. The largest absolute Gasteiger partial charge is 0.367 e. The number of aromatic nitrogens is 1. The van der Waals surface area contributed by atoms with Gasteiger partial charge in [0.15, 0.2) is 0 Å². The number of nitriles is 1. The Bertz CT molecular complexity index is 390. The zero-order valence-electron chi connectivity index (χ0n) is 7.85. The van der Waals surface area contributed by atoms with Crippen LogP contribution in [0.5, 0.6) is 0 Å². The van der Waals surface area contributed by atoms with Crippen LogP contribution in [0.2, 0.25) is 0 Å². The van der Waals surface area contributed by atoms with Gasteiger partial charge in [-0.3, -0.25) is 0 Å². The predicted octanol–water partition coefficient (Wildman–Crippen LogP) is 1.72. The van der Waals surface area contributed by atoms with Crippen molar-refractivity contribution >= 4 is 5.69 Å². The molecule has 2 rings (SSSR count). The predicted molar refractivity (Wildman–Crippen MR) is 54.9 cm³/mol. The van der Waals surface area contributed by atoms with Gasteiger partial charge in [0.05, 0.1) is 0 Å². The molecule has 0 aromatic carbocycles. The van der Waals surface area contributed by atoms with Crippen molar-refractivity contribution in [2.24, 2.45) is 0 Å². The van der Waals surface area contributed by atoms with Gasteiger partial charge in [0.25, 0.3) is 0 Å². The van der Waals surface area contributed by atoms with Gasteiger partial charge in [0.1, 0.15) is 11.8 Å². The van der Waals surface area contributed by atoms with Gasteiger partial charge in [-0.15, -0.1) is 0 Å². The van der Waals surface area contributed by atoms with Gasteiger partial charge in [-0.1, -0.05) is 12.2 Å². The van der Waals surface area contributed by atoms with Crippen LogP contribution >= 0.6 is 0 Å². The van der Waals surface area contributed by atoms with Gasteiger partial charge in [0, 0.05) is 25.0 Å². The van der Waals surface area contributed by atoms with E-state index < -0.39 is 0 Å². The number of nitrogens with zero attached hydrogens (tertiary/aromatic N) is 3. The van der Waals surface area contributed by atoms with Crippen LogP contribution in [0.4, 0.5) is 5.69 Å². The molecule has 1 aliphatic rings. The first-order chi connectivity index (χ1) is 6.90. The zero-order valence-corrected chi connectivity index (χ0v) is 7.85. The summed E-state index contributed by atoms with van der Waals surface area (Å²) in [5.74, 6) is 0. The van der Waals surface area contributed by atoms with E-state index in [9.17, 15) is 0 Å². The second-order valence-electron chi connectivity index (χ2n) is 3.22. The van der Waals surface area contributed by atoms with Crippen molar-refractivity contribution in [1.29, 1.82) is 5.26 Å². The van der Waals surface area contributed by atoms with Crippen molar-refractivity contribution in [2.45, 2.75) is 6.42 Å². The molecule has 0 radical (unpaired) electrons. The van der Waals surface area contributed by atoms with E-state index in [1.165, 1.54) is 0 Å². The van der Waals surface area contributed by atoms with E-state index in [2.05, 4.69) is 28.1 Å². The average Bonchev–Trinajstić information content (AvgIpc) is 2.30.